The normalized spacial score (nSPS) is 24.6. The van der Waals surface area contributed by atoms with Gasteiger partial charge in [-0.15, -0.1) is 0 Å². The Morgan fingerprint density at radius 2 is 1.93 bits per heavy atom. The molecule has 1 aliphatic heterocycles. The van der Waals surface area contributed by atoms with Gasteiger partial charge in [0.1, 0.15) is 17.7 Å². The lowest BCUT2D eigenvalue weighted by Gasteiger charge is -2.34. The molecule has 1 saturated heterocycles. The van der Waals surface area contributed by atoms with Crippen LogP contribution >= 0.6 is 11.6 Å². The minimum Gasteiger partial charge on any atom is -0.489 e. The van der Waals surface area contributed by atoms with E-state index in [0.717, 1.165) is 51.2 Å². The number of carbonyl (C=O) groups is 1. The first-order valence-corrected chi connectivity index (χ1v) is 10.5. The lowest BCUT2D eigenvalue weighted by molar-refractivity contribution is -0.119. The number of nitrogens with zero attached hydrogens (tertiary/aromatic N) is 1. The Kier molecular flexibility index (Phi) is 7.36. The van der Waals surface area contributed by atoms with E-state index in [0.29, 0.717) is 16.8 Å². The number of carbonyl (C=O) groups excluding carboxylic acids is 1. The van der Waals surface area contributed by atoms with Gasteiger partial charge in [0, 0.05) is 26.1 Å². The molecule has 1 N–H and O–H groups in total. The molecule has 1 amide bonds. The molecule has 3 rings (SSSR count). The van der Waals surface area contributed by atoms with Crippen molar-refractivity contribution < 1.29 is 13.9 Å². The summed E-state index contributed by atoms with van der Waals surface area (Å²) >= 11 is 6.05. The second kappa shape index (κ2) is 9.74. The first kappa shape index (κ1) is 20.4. The highest BCUT2D eigenvalue weighted by Crippen LogP contribution is 2.29. The minimum absolute atomic E-state index is 0.0884. The van der Waals surface area contributed by atoms with E-state index in [1.807, 2.05) is 0 Å². The molecule has 0 spiro atoms. The summed E-state index contributed by atoms with van der Waals surface area (Å²) in [7, 11) is 0. The Hall–Kier alpha value is -1.33. The zero-order chi connectivity index (χ0) is 19.2. The Labute approximate surface area is 166 Å². The molecule has 0 aromatic heterocycles. The summed E-state index contributed by atoms with van der Waals surface area (Å²) in [6.45, 7) is 4.80. The van der Waals surface area contributed by atoms with Crippen LogP contribution in [0.3, 0.4) is 0 Å². The van der Waals surface area contributed by atoms with Crippen LogP contribution < -0.4 is 10.1 Å². The summed E-state index contributed by atoms with van der Waals surface area (Å²) in [6, 6.07) is 4.68. The largest absolute Gasteiger partial charge is 0.489 e. The van der Waals surface area contributed by atoms with Crippen molar-refractivity contribution in [2.45, 2.75) is 64.0 Å². The van der Waals surface area contributed by atoms with Crippen LogP contribution in [-0.2, 0) is 4.79 Å². The van der Waals surface area contributed by atoms with Gasteiger partial charge in [-0.2, -0.15) is 0 Å². The van der Waals surface area contributed by atoms with Crippen LogP contribution in [0.1, 0.15) is 51.9 Å². The van der Waals surface area contributed by atoms with Crippen molar-refractivity contribution in [3.8, 4) is 5.75 Å². The first-order chi connectivity index (χ1) is 13.0. The van der Waals surface area contributed by atoms with Gasteiger partial charge in [-0.05, 0) is 75.6 Å². The summed E-state index contributed by atoms with van der Waals surface area (Å²) in [4.78, 5) is 13.7. The molecule has 0 bridgehead atoms. The fourth-order valence-corrected chi connectivity index (χ4v) is 4.46. The number of benzene rings is 1. The van der Waals surface area contributed by atoms with Crippen molar-refractivity contribution in [1.82, 2.24) is 10.2 Å². The number of nitrogens with one attached hydrogen (secondary N) is 1. The molecular weight excluding hydrogens is 367 g/mol. The summed E-state index contributed by atoms with van der Waals surface area (Å²) < 4.78 is 19.1. The zero-order valence-electron chi connectivity index (χ0n) is 16.1. The third-order valence-corrected chi connectivity index (χ3v) is 6.13. The van der Waals surface area contributed by atoms with E-state index in [2.05, 4.69) is 10.2 Å². The summed E-state index contributed by atoms with van der Waals surface area (Å²) in [5, 5.41) is 3.39. The first-order valence-electron chi connectivity index (χ1n) is 10.1. The van der Waals surface area contributed by atoms with Crippen LogP contribution in [0, 0.1) is 11.7 Å². The number of amides is 1. The van der Waals surface area contributed by atoms with Gasteiger partial charge in [0.25, 0.3) is 0 Å². The van der Waals surface area contributed by atoms with E-state index in [1.54, 1.807) is 13.0 Å². The van der Waals surface area contributed by atoms with Crippen molar-refractivity contribution in [1.29, 1.82) is 0 Å². The molecular formula is C21H30ClFN2O2. The molecule has 2 aliphatic rings. The number of halogens is 2. The number of hydrogen-bond donors (Lipinski definition) is 1. The van der Waals surface area contributed by atoms with Gasteiger partial charge in [-0.1, -0.05) is 11.6 Å². The highest BCUT2D eigenvalue weighted by Gasteiger charge is 2.24. The Morgan fingerprint density at radius 3 is 2.56 bits per heavy atom. The van der Waals surface area contributed by atoms with Gasteiger partial charge < -0.3 is 15.0 Å². The van der Waals surface area contributed by atoms with E-state index in [1.165, 1.54) is 31.4 Å². The summed E-state index contributed by atoms with van der Waals surface area (Å²) in [6.07, 6.45) is 7.99. The van der Waals surface area contributed by atoms with Crippen molar-refractivity contribution in [3.05, 3.63) is 29.0 Å². The highest BCUT2D eigenvalue weighted by molar-refractivity contribution is 6.32. The second-order valence-electron chi connectivity index (χ2n) is 7.94. The van der Waals surface area contributed by atoms with Crippen LogP contribution in [0.25, 0.3) is 0 Å². The predicted molar refractivity (Wildman–Crippen MR) is 106 cm³/mol. The minimum atomic E-state index is -0.340. The van der Waals surface area contributed by atoms with Gasteiger partial charge in [0.15, 0.2) is 0 Å². The Balaban J connectivity index is 1.33. The molecule has 1 aromatic rings. The molecule has 1 heterocycles. The summed E-state index contributed by atoms with van der Waals surface area (Å²) in [5.41, 5.74) is 0. The Bertz CT molecular complexity index is 627. The molecule has 27 heavy (non-hydrogen) atoms. The number of ether oxygens (including phenoxy) is 1. The average molecular weight is 397 g/mol. The monoisotopic (exact) mass is 396 g/mol. The van der Waals surface area contributed by atoms with Crippen LogP contribution in [0.5, 0.6) is 5.75 Å². The van der Waals surface area contributed by atoms with Gasteiger partial charge in [-0.25, -0.2) is 4.39 Å². The molecule has 150 valence electrons. The SMILES string of the molecule is CC(=O)NC1CCC(CCN2CCC(Oc3ccc(F)cc3Cl)CC2)CC1. The average Bonchev–Trinajstić information content (AvgIpc) is 2.64. The molecule has 1 aliphatic carbocycles. The Morgan fingerprint density at radius 1 is 1.22 bits per heavy atom. The van der Waals surface area contributed by atoms with E-state index in [9.17, 15) is 9.18 Å². The number of rotatable bonds is 6. The van der Waals surface area contributed by atoms with E-state index >= 15 is 0 Å². The topological polar surface area (TPSA) is 41.6 Å². The van der Waals surface area contributed by atoms with Crippen molar-refractivity contribution in [3.63, 3.8) is 0 Å². The number of hydrogen-bond acceptors (Lipinski definition) is 3. The maximum Gasteiger partial charge on any atom is 0.217 e. The van der Waals surface area contributed by atoms with Crippen LogP contribution in [0.2, 0.25) is 5.02 Å². The standard InChI is InChI=1S/C21H30ClFN2O2/c1-15(26)24-18-5-2-16(3-6-18)8-11-25-12-9-19(10-13-25)27-21-7-4-17(23)14-20(21)22/h4,7,14,16,18-19H,2-3,5-6,8-13H2,1H3,(H,24,26). The fraction of sp³-hybridized carbons (Fsp3) is 0.667. The molecule has 0 unspecified atom stereocenters. The van der Waals surface area contributed by atoms with Gasteiger partial charge in [-0.3, -0.25) is 4.79 Å². The number of piperidine rings is 1. The van der Waals surface area contributed by atoms with Crippen LogP contribution in [0.15, 0.2) is 18.2 Å². The molecule has 1 aromatic carbocycles. The highest BCUT2D eigenvalue weighted by atomic mass is 35.5. The third-order valence-electron chi connectivity index (χ3n) is 5.83. The van der Waals surface area contributed by atoms with Crippen molar-refractivity contribution in [2.75, 3.05) is 19.6 Å². The number of likely N-dealkylation sites (tertiary alicyclic amines) is 1. The smallest absolute Gasteiger partial charge is 0.217 e. The van der Waals surface area contributed by atoms with Gasteiger partial charge in [0.05, 0.1) is 5.02 Å². The fourth-order valence-electron chi connectivity index (χ4n) is 4.25. The maximum atomic E-state index is 13.1. The molecule has 6 heteroatoms. The van der Waals surface area contributed by atoms with Crippen molar-refractivity contribution >= 4 is 17.5 Å². The van der Waals surface area contributed by atoms with E-state index in [4.69, 9.17) is 16.3 Å². The van der Waals surface area contributed by atoms with E-state index in [-0.39, 0.29) is 17.8 Å². The predicted octanol–water partition coefficient (Wildman–Crippen LogP) is 4.41. The van der Waals surface area contributed by atoms with Gasteiger partial charge in [0.2, 0.25) is 5.91 Å². The lowest BCUT2D eigenvalue weighted by Crippen LogP contribution is -2.40. The van der Waals surface area contributed by atoms with Gasteiger partial charge >= 0.3 is 0 Å². The van der Waals surface area contributed by atoms with Crippen LogP contribution in [-0.4, -0.2) is 42.6 Å². The maximum absolute atomic E-state index is 13.1. The zero-order valence-corrected chi connectivity index (χ0v) is 16.8. The molecule has 4 nitrogen and oxygen atoms in total. The molecule has 0 radical (unpaired) electrons. The second-order valence-corrected chi connectivity index (χ2v) is 8.35. The third kappa shape index (κ3) is 6.35. The van der Waals surface area contributed by atoms with Crippen LogP contribution in [0.4, 0.5) is 4.39 Å². The quantitative estimate of drug-likeness (QED) is 0.774. The molecule has 0 atom stereocenters. The lowest BCUT2D eigenvalue weighted by atomic mass is 9.84. The summed E-state index contributed by atoms with van der Waals surface area (Å²) in [5.74, 6) is 1.10. The molecule has 1 saturated carbocycles. The van der Waals surface area contributed by atoms with Crippen molar-refractivity contribution in [2.24, 2.45) is 5.92 Å². The van der Waals surface area contributed by atoms with E-state index < -0.39 is 0 Å². The molecule has 2 fully saturated rings.